The van der Waals surface area contributed by atoms with Gasteiger partial charge in [0.2, 0.25) is 0 Å². The van der Waals surface area contributed by atoms with Gasteiger partial charge in [-0.15, -0.1) is 20.4 Å². The zero-order valence-corrected chi connectivity index (χ0v) is 27.9. The summed E-state index contributed by atoms with van der Waals surface area (Å²) in [6, 6.07) is 16.1. The van der Waals surface area contributed by atoms with E-state index in [0.717, 1.165) is 10.8 Å². The van der Waals surface area contributed by atoms with Gasteiger partial charge in [-0.3, -0.25) is 0 Å². The summed E-state index contributed by atoms with van der Waals surface area (Å²) in [6.07, 6.45) is -19.6. The Morgan fingerprint density at radius 2 is 0.736 bits per heavy atom. The Morgan fingerprint density at radius 1 is 0.434 bits per heavy atom. The van der Waals surface area contributed by atoms with E-state index in [4.69, 9.17) is 40.5 Å². The molecule has 0 unspecified atom stereocenters. The molecule has 6 rings (SSSR count). The van der Waals surface area contributed by atoms with Gasteiger partial charge in [0.25, 0.3) is 0 Å². The number of nitrogens with two attached hydrogens (primary N) is 1. The lowest BCUT2D eigenvalue weighted by Crippen LogP contribution is -2.11. The number of fused-ring (bicyclic) bond motifs is 2. The van der Waals surface area contributed by atoms with Crippen LogP contribution < -0.4 is 11.1 Å². The second-order valence-corrected chi connectivity index (χ2v) is 11.5. The summed E-state index contributed by atoms with van der Waals surface area (Å²) in [5, 5.41) is 20.6. The summed E-state index contributed by atoms with van der Waals surface area (Å²) < 4.78 is 150. The van der Waals surface area contributed by atoms with Crippen molar-refractivity contribution in [3.05, 3.63) is 123 Å². The number of nitrogen functional groups attached to an aromatic ring is 1. The van der Waals surface area contributed by atoms with Crippen molar-refractivity contribution in [1.29, 1.82) is 0 Å². The minimum atomic E-state index is -4.94. The predicted molar refractivity (Wildman–Crippen MR) is 175 cm³/mol. The van der Waals surface area contributed by atoms with Gasteiger partial charge in [-0.25, -0.2) is 0 Å². The molecule has 3 N–H and O–H groups in total. The summed E-state index contributed by atoms with van der Waals surface area (Å²) >= 11 is 17.5. The van der Waals surface area contributed by atoms with E-state index < -0.39 is 58.3 Å². The SMILES string of the molecule is Clc1nnc(Cl)c2ccccc12.FC(F)(F)c1cc(Nc2nnc(Cl)c3ccccc23)cc(C(F)(F)F)c1.Nc1cc(C(F)(F)F)cc(C(F)(F)F)c1. The van der Waals surface area contributed by atoms with Gasteiger partial charge in [0.05, 0.1) is 22.3 Å². The average Bonchev–Trinajstić information content (AvgIpc) is 3.07. The highest BCUT2D eigenvalue weighted by Gasteiger charge is 2.38. The standard InChI is InChI=1S/C16H8ClF6N3.C8H4Cl2N2.C8H5F6N/c17-13-11-3-1-2-4-12(11)14(26-25-13)24-10-6-8(15(18,19)20)5-9(7-10)16(21,22)23;9-7-5-3-1-2-4-6(5)8(10)12-11-7;9-7(10,11)4-1-5(8(12,13)14)3-6(15)2-4/h1-7H,(H,24,26);1-4H;1-3H,15H2. The maximum Gasteiger partial charge on any atom is 0.416 e. The Kier molecular flexibility index (Phi) is 12.1. The maximum absolute atomic E-state index is 12.9. The van der Waals surface area contributed by atoms with E-state index >= 15 is 0 Å². The average molecular weight is 820 g/mol. The molecule has 2 aromatic heterocycles. The molecule has 2 heterocycles. The Bertz CT molecular complexity index is 2140. The van der Waals surface area contributed by atoms with Crippen molar-refractivity contribution in [2.45, 2.75) is 24.7 Å². The van der Waals surface area contributed by atoms with Crippen LogP contribution in [0.25, 0.3) is 21.5 Å². The Balaban J connectivity index is 0.000000196. The third-order valence-electron chi connectivity index (χ3n) is 6.70. The van der Waals surface area contributed by atoms with Gasteiger partial charge in [-0.1, -0.05) is 83.3 Å². The monoisotopic (exact) mass is 818 g/mol. The molecular formula is C32H17Cl3F12N6. The highest BCUT2D eigenvalue weighted by atomic mass is 35.5. The number of benzene rings is 4. The largest absolute Gasteiger partial charge is 0.416 e. The van der Waals surface area contributed by atoms with Crippen LogP contribution in [-0.2, 0) is 24.7 Å². The van der Waals surface area contributed by atoms with Gasteiger partial charge in [0.1, 0.15) is 0 Å². The number of anilines is 3. The minimum Gasteiger partial charge on any atom is -0.399 e. The number of aromatic nitrogens is 4. The lowest BCUT2D eigenvalue weighted by atomic mass is 10.1. The number of hydrogen-bond donors (Lipinski definition) is 2. The first kappa shape index (κ1) is 41.0. The van der Waals surface area contributed by atoms with Crippen LogP contribution in [-0.4, -0.2) is 20.4 Å². The van der Waals surface area contributed by atoms with Gasteiger partial charge >= 0.3 is 24.7 Å². The number of nitrogens with one attached hydrogen (secondary N) is 1. The molecule has 0 saturated heterocycles. The normalized spacial score (nSPS) is 12.1. The smallest absolute Gasteiger partial charge is 0.399 e. The molecule has 6 nitrogen and oxygen atoms in total. The molecule has 4 aromatic carbocycles. The number of alkyl halides is 12. The van der Waals surface area contributed by atoms with Crippen LogP contribution in [0.15, 0.2) is 84.9 Å². The van der Waals surface area contributed by atoms with Crippen molar-refractivity contribution >= 4 is 73.5 Å². The number of rotatable bonds is 2. The Morgan fingerprint density at radius 3 is 1.09 bits per heavy atom. The van der Waals surface area contributed by atoms with Crippen LogP contribution in [0.2, 0.25) is 15.5 Å². The van der Waals surface area contributed by atoms with E-state index in [9.17, 15) is 52.7 Å². The van der Waals surface area contributed by atoms with E-state index in [2.05, 4.69) is 25.7 Å². The minimum absolute atomic E-state index is 0.0163. The molecule has 0 aliphatic carbocycles. The zero-order valence-electron chi connectivity index (χ0n) is 25.6. The Labute approximate surface area is 304 Å². The van der Waals surface area contributed by atoms with Gasteiger partial charge in [0.15, 0.2) is 21.3 Å². The van der Waals surface area contributed by atoms with E-state index in [-0.39, 0.29) is 23.1 Å². The third-order valence-corrected chi connectivity index (χ3v) is 7.54. The first-order valence-electron chi connectivity index (χ1n) is 14.0. The zero-order chi connectivity index (χ0) is 39.5. The summed E-state index contributed by atoms with van der Waals surface area (Å²) in [5.74, 6) is -0.0163. The fraction of sp³-hybridized carbons (Fsp3) is 0.125. The summed E-state index contributed by atoms with van der Waals surface area (Å²) in [7, 11) is 0. The third kappa shape index (κ3) is 10.6. The van der Waals surface area contributed by atoms with Crippen molar-refractivity contribution < 1.29 is 52.7 Å². The Hall–Kier alpha value is -4.81. The summed E-state index contributed by atoms with van der Waals surface area (Å²) in [6.45, 7) is 0. The van der Waals surface area contributed by atoms with Crippen molar-refractivity contribution in [1.82, 2.24) is 20.4 Å². The van der Waals surface area contributed by atoms with E-state index in [0.29, 0.717) is 45.3 Å². The molecule has 0 aliphatic rings. The molecule has 0 bridgehead atoms. The van der Waals surface area contributed by atoms with E-state index in [1.165, 1.54) is 0 Å². The lowest BCUT2D eigenvalue weighted by Gasteiger charge is -2.15. The topological polar surface area (TPSA) is 89.6 Å². The van der Waals surface area contributed by atoms with E-state index in [1.807, 2.05) is 24.3 Å². The van der Waals surface area contributed by atoms with Gasteiger partial charge < -0.3 is 11.1 Å². The summed E-state index contributed by atoms with van der Waals surface area (Å²) in [4.78, 5) is 0. The molecule has 0 radical (unpaired) electrons. The lowest BCUT2D eigenvalue weighted by molar-refractivity contribution is -0.144. The van der Waals surface area contributed by atoms with Crippen LogP contribution >= 0.6 is 34.8 Å². The van der Waals surface area contributed by atoms with Crippen molar-refractivity contribution in [2.24, 2.45) is 0 Å². The molecule has 0 aliphatic heterocycles. The van der Waals surface area contributed by atoms with Crippen molar-refractivity contribution in [3.63, 3.8) is 0 Å². The molecule has 6 aromatic rings. The second kappa shape index (κ2) is 15.7. The molecule has 21 heteroatoms. The van der Waals surface area contributed by atoms with Gasteiger partial charge in [-0.2, -0.15) is 52.7 Å². The fourth-order valence-corrected chi connectivity index (χ4v) is 4.95. The highest BCUT2D eigenvalue weighted by molar-refractivity contribution is 6.38. The summed E-state index contributed by atoms with van der Waals surface area (Å²) in [5.41, 5.74) is -1.72. The molecule has 0 atom stereocenters. The van der Waals surface area contributed by atoms with Crippen LogP contribution in [0.1, 0.15) is 22.3 Å². The van der Waals surface area contributed by atoms with Crippen LogP contribution in [0.3, 0.4) is 0 Å². The maximum atomic E-state index is 12.9. The molecule has 0 fully saturated rings. The predicted octanol–water partition coefficient (Wildman–Crippen LogP) is 12.3. The quantitative estimate of drug-likeness (QED) is 0.134. The number of nitrogens with zero attached hydrogens (tertiary/aromatic N) is 4. The molecule has 0 spiro atoms. The molecule has 280 valence electrons. The molecular weight excluding hydrogens is 803 g/mol. The number of hydrogen-bond acceptors (Lipinski definition) is 6. The molecule has 53 heavy (non-hydrogen) atoms. The molecule has 0 saturated carbocycles. The highest BCUT2D eigenvalue weighted by Crippen LogP contribution is 2.39. The second-order valence-electron chi connectivity index (χ2n) is 10.5. The van der Waals surface area contributed by atoms with Crippen molar-refractivity contribution in [2.75, 3.05) is 11.1 Å². The first-order chi connectivity index (χ1) is 24.4. The van der Waals surface area contributed by atoms with Gasteiger partial charge in [-0.05, 0) is 36.4 Å². The van der Waals surface area contributed by atoms with Gasteiger partial charge in [0, 0.05) is 32.9 Å². The van der Waals surface area contributed by atoms with Crippen LogP contribution in [0.4, 0.5) is 69.9 Å². The molecule has 0 amide bonds. The fourth-order valence-electron chi connectivity index (χ4n) is 4.34. The van der Waals surface area contributed by atoms with Crippen molar-refractivity contribution in [3.8, 4) is 0 Å². The van der Waals surface area contributed by atoms with E-state index in [1.54, 1.807) is 24.3 Å². The van der Waals surface area contributed by atoms with Crippen LogP contribution in [0.5, 0.6) is 0 Å². The first-order valence-corrected chi connectivity index (χ1v) is 15.2. The number of halogens is 15. The van der Waals surface area contributed by atoms with Crippen LogP contribution in [0, 0.1) is 0 Å².